The van der Waals surface area contributed by atoms with Gasteiger partial charge in [0, 0.05) is 59.6 Å². The van der Waals surface area contributed by atoms with Crippen molar-refractivity contribution in [3.63, 3.8) is 0 Å². The number of primary sulfonamides is 1. The zero-order chi connectivity index (χ0) is 43.9. The SMILES string of the molecule is CC(C)OCCS(N)(=O)=O.COc1cc(-c2ccc3c(c2N=C=O)CCO3)ccn1.COc1cc(-c2ccc3c(c2NC(=O)NS(=O)(=O)CCOC(C)C)CCO3)ccn1. The highest BCUT2D eigenvalue weighted by molar-refractivity contribution is 7.90. The van der Waals surface area contributed by atoms with Crippen LogP contribution in [0.5, 0.6) is 23.3 Å². The second kappa shape index (κ2) is 22.1. The van der Waals surface area contributed by atoms with Crippen molar-refractivity contribution in [2.75, 3.05) is 57.5 Å². The van der Waals surface area contributed by atoms with E-state index in [1.807, 2.05) is 42.8 Å². The van der Waals surface area contributed by atoms with Gasteiger partial charge in [-0.1, -0.05) is 0 Å². The number of nitrogens with two attached hydrogens (primary N) is 1. The van der Waals surface area contributed by atoms with E-state index in [1.54, 1.807) is 63.7 Å². The molecule has 4 N–H and O–H groups in total. The third-order valence-corrected chi connectivity index (χ3v) is 10.4. The number of benzene rings is 2. The monoisotopic (exact) mass is 870 g/mol. The lowest BCUT2D eigenvalue weighted by molar-refractivity contribution is 0.0909. The van der Waals surface area contributed by atoms with Crippen molar-refractivity contribution in [1.29, 1.82) is 0 Å². The van der Waals surface area contributed by atoms with Crippen LogP contribution in [0.3, 0.4) is 0 Å². The van der Waals surface area contributed by atoms with Gasteiger partial charge in [-0.15, -0.1) is 0 Å². The van der Waals surface area contributed by atoms with Gasteiger partial charge < -0.3 is 33.7 Å². The van der Waals surface area contributed by atoms with Gasteiger partial charge in [-0.25, -0.2) is 46.3 Å². The van der Waals surface area contributed by atoms with Crippen LogP contribution in [0.2, 0.25) is 0 Å². The lowest BCUT2D eigenvalue weighted by Gasteiger charge is -2.16. The molecule has 0 radical (unpaired) electrons. The second-order valence-corrected chi connectivity index (χ2v) is 17.1. The molecular formula is C40H50N6O12S2. The van der Waals surface area contributed by atoms with Gasteiger partial charge in [-0.3, -0.25) is 0 Å². The van der Waals surface area contributed by atoms with Crippen LogP contribution in [0.25, 0.3) is 22.3 Å². The molecule has 2 aliphatic rings. The number of pyridine rings is 2. The Hall–Kier alpha value is -5.63. The lowest BCUT2D eigenvalue weighted by atomic mass is 9.99. The van der Waals surface area contributed by atoms with Crippen molar-refractivity contribution in [2.45, 2.75) is 52.7 Å². The molecular weight excluding hydrogens is 821 g/mol. The number of fused-ring (bicyclic) bond motifs is 2. The van der Waals surface area contributed by atoms with Crippen LogP contribution in [0.1, 0.15) is 38.8 Å². The van der Waals surface area contributed by atoms with E-state index in [0.717, 1.165) is 40.0 Å². The van der Waals surface area contributed by atoms with E-state index in [1.165, 1.54) is 7.11 Å². The molecule has 0 aliphatic carbocycles. The lowest BCUT2D eigenvalue weighted by Crippen LogP contribution is -2.37. The number of isocyanates is 1. The Morgan fingerprint density at radius 3 is 1.85 bits per heavy atom. The van der Waals surface area contributed by atoms with Crippen molar-refractivity contribution in [2.24, 2.45) is 10.1 Å². The van der Waals surface area contributed by atoms with Gasteiger partial charge in [-0.2, -0.15) is 4.99 Å². The van der Waals surface area contributed by atoms with Crippen molar-refractivity contribution in [1.82, 2.24) is 14.7 Å². The van der Waals surface area contributed by atoms with Crippen molar-refractivity contribution in [3.8, 4) is 45.5 Å². The Labute approximate surface area is 349 Å². The maximum atomic E-state index is 12.5. The molecule has 2 aliphatic heterocycles. The van der Waals surface area contributed by atoms with E-state index in [9.17, 15) is 26.4 Å². The highest BCUT2D eigenvalue weighted by Gasteiger charge is 2.24. The summed E-state index contributed by atoms with van der Waals surface area (Å²) in [6.07, 6.45) is 6.18. The molecule has 2 amide bonds. The summed E-state index contributed by atoms with van der Waals surface area (Å²) in [5.74, 6) is 1.95. The minimum atomic E-state index is -3.85. The van der Waals surface area contributed by atoms with Crippen LogP contribution in [0.4, 0.5) is 16.2 Å². The number of hydrogen-bond donors (Lipinski definition) is 3. The number of ether oxygens (including phenoxy) is 6. The molecule has 4 heterocycles. The molecule has 0 unspecified atom stereocenters. The number of anilines is 1. The first-order valence-electron chi connectivity index (χ1n) is 18.7. The zero-order valence-corrected chi connectivity index (χ0v) is 35.9. The number of carbonyl (C=O) groups excluding carboxylic acids is 2. The van der Waals surface area contributed by atoms with Gasteiger partial charge in [0.2, 0.25) is 37.9 Å². The number of nitrogens with one attached hydrogen (secondary N) is 2. The van der Waals surface area contributed by atoms with Gasteiger partial charge in [-0.05, 0) is 75.2 Å². The first kappa shape index (κ1) is 47.1. The van der Waals surface area contributed by atoms with Gasteiger partial charge in [0.15, 0.2) is 0 Å². The fourth-order valence-electron chi connectivity index (χ4n) is 5.82. The fourth-order valence-corrected chi connectivity index (χ4v) is 6.90. The summed E-state index contributed by atoms with van der Waals surface area (Å²) in [5.41, 5.74) is 6.06. The molecule has 18 nitrogen and oxygen atoms in total. The molecule has 2 aromatic heterocycles. The number of rotatable bonds is 15. The Kier molecular flexibility index (Phi) is 17.3. The average Bonchev–Trinajstić information content (AvgIpc) is 3.89. The number of hydrogen-bond acceptors (Lipinski definition) is 15. The first-order valence-corrected chi connectivity index (χ1v) is 22.1. The van der Waals surface area contributed by atoms with Crippen LogP contribution >= 0.6 is 0 Å². The standard InChI is InChI=1S/C20H25N3O6S.C15H12N2O3.C5H13NO3S/c1-13(2)28-10-11-30(25,26)23-20(24)22-19-15(4-5-17-16(19)7-9-29-17)14-6-8-21-18(12-14)27-3;1-19-14-8-10(4-6-16-14)11-2-3-13-12(5-7-20-13)15(11)17-9-18;1-5(2)9-3-4-10(6,7)8/h4-6,8,12-13H,7,9-11H2,1-3H3,(H2,22,23,24);2-4,6,8H,5,7H2,1H3;5H,3-4H2,1-2H3,(H2,6,7,8). The Morgan fingerprint density at radius 2 is 1.32 bits per heavy atom. The molecule has 2 aromatic carbocycles. The van der Waals surface area contributed by atoms with Crippen molar-refractivity contribution in [3.05, 3.63) is 72.1 Å². The van der Waals surface area contributed by atoms with Crippen LogP contribution in [0.15, 0.2) is 65.9 Å². The quantitative estimate of drug-likeness (QED) is 0.106. The number of aliphatic imine (C=N–C) groups is 1. The summed E-state index contributed by atoms with van der Waals surface area (Å²) in [5, 5.41) is 7.40. The molecule has 0 saturated carbocycles. The van der Waals surface area contributed by atoms with E-state index < -0.39 is 26.1 Å². The number of carbonyl (C=O) groups is 1. The summed E-state index contributed by atoms with van der Waals surface area (Å²) in [7, 11) is -4.11. The van der Waals surface area contributed by atoms with Gasteiger partial charge in [0.25, 0.3) is 0 Å². The molecule has 0 atom stereocenters. The zero-order valence-electron chi connectivity index (χ0n) is 34.2. The van der Waals surface area contributed by atoms with Crippen molar-refractivity contribution >= 4 is 43.5 Å². The number of nitrogens with zero attached hydrogens (tertiary/aromatic N) is 3. The number of amides is 2. The third-order valence-electron chi connectivity index (χ3n) is 8.51. The normalized spacial score (nSPS) is 12.6. The molecule has 0 spiro atoms. The summed E-state index contributed by atoms with van der Waals surface area (Å²) >= 11 is 0. The molecule has 6 rings (SSSR count). The third kappa shape index (κ3) is 14.3. The highest BCUT2D eigenvalue weighted by Crippen LogP contribution is 2.42. The van der Waals surface area contributed by atoms with Gasteiger partial charge in [0.05, 0.1) is 75.7 Å². The Balaban J connectivity index is 0.000000226. The molecule has 4 aromatic rings. The summed E-state index contributed by atoms with van der Waals surface area (Å²) < 4.78 is 78.6. The van der Waals surface area contributed by atoms with Gasteiger partial charge >= 0.3 is 6.03 Å². The second-order valence-electron chi connectivity index (χ2n) is 13.6. The molecule has 60 heavy (non-hydrogen) atoms. The smallest absolute Gasteiger partial charge is 0.332 e. The molecule has 20 heteroatoms. The molecule has 324 valence electrons. The minimum absolute atomic E-state index is 0.00306. The number of methoxy groups -OCH3 is 2. The summed E-state index contributed by atoms with van der Waals surface area (Å²) in [4.78, 5) is 35.3. The van der Waals surface area contributed by atoms with Crippen LogP contribution in [0, 0.1) is 0 Å². The first-order chi connectivity index (χ1) is 28.5. The molecule has 0 fully saturated rings. The summed E-state index contributed by atoms with van der Waals surface area (Å²) in [6, 6.07) is 13.7. The molecule has 0 saturated heterocycles. The van der Waals surface area contributed by atoms with Crippen LogP contribution < -0.4 is 34.1 Å². The van der Waals surface area contributed by atoms with Crippen molar-refractivity contribution < 1.29 is 54.8 Å². The predicted octanol–water partition coefficient (Wildman–Crippen LogP) is 4.93. The highest BCUT2D eigenvalue weighted by atomic mass is 32.2. The molecule has 0 bridgehead atoms. The maximum Gasteiger partial charge on any atom is 0.332 e. The predicted molar refractivity (Wildman–Crippen MR) is 225 cm³/mol. The van der Waals surface area contributed by atoms with Crippen LogP contribution in [-0.4, -0.2) is 103 Å². The largest absolute Gasteiger partial charge is 0.493 e. The number of sulfonamides is 2. The summed E-state index contributed by atoms with van der Waals surface area (Å²) in [6.45, 7) is 8.56. The maximum absolute atomic E-state index is 12.5. The number of urea groups is 1. The van der Waals surface area contributed by atoms with Crippen LogP contribution in [-0.2, 0) is 47.2 Å². The van der Waals surface area contributed by atoms with Gasteiger partial charge in [0.1, 0.15) is 11.5 Å². The van der Waals surface area contributed by atoms with E-state index in [2.05, 4.69) is 20.3 Å². The minimum Gasteiger partial charge on any atom is -0.493 e. The Morgan fingerprint density at radius 1 is 0.800 bits per heavy atom. The van der Waals surface area contributed by atoms with E-state index in [0.29, 0.717) is 54.1 Å². The van der Waals surface area contributed by atoms with E-state index in [-0.39, 0.29) is 36.9 Å². The van der Waals surface area contributed by atoms with E-state index in [4.69, 9.17) is 33.6 Å². The Bertz CT molecular complexity index is 2370. The topological polar surface area (TPSA) is 246 Å². The fraction of sp³-hybridized carbons (Fsp3) is 0.400. The number of aromatic nitrogens is 2. The average molecular weight is 871 g/mol. The van der Waals surface area contributed by atoms with E-state index >= 15 is 0 Å².